The molecule has 24 heavy (non-hydrogen) atoms. The van der Waals surface area contributed by atoms with Gasteiger partial charge in [-0.25, -0.2) is 9.78 Å². The standard InChI is InChI=1S/C16H21N5O3/c1-6-16(7-2,8-3)18-11(22)9-21-10-17-13-12(21)14(23)20(5)15(24)19(13)4/h1,10H,7-9H2,2-5H3,(H,18,22). The third kappa shape index (κ3) is 2.73. The molecule has 2 heterocycles. The van der Waals surface area contributed by atoms with Gasteiger partial charge < -0.3 is 9.88 Å². The summed E-state index contributed by atoms with van der Waals surface area (Å²) >= 11 is 0. The minimum atomic E-state index is -0.703. The molecule has 0 spiro atoms. The molecule has 1 N–H and O–H groups in total. The fourth-order valence-corrected chi connectivity index (χ4v) is 2.64. The number of imidazole rings is 1. The highest BCUT2D eigenvalue weighted by molar-refractivity contribution is 5.79. The highest BCUT2D eigenvalue weighted by Crippen LogP contribution is 2.14. The van der Waals surface area contributed by atoms with Crippen molar-refractivity contribution in [2.75, 3.05) is 0 Å². The summed E-state index contributed by atoms with van der Waals surface area (Å²) < 4.78 is 3.69. The number of rotatable bonds is 5. The van der Waals surface area contributed by atoms with Gasteiger partial charge in [0.2, 0.25) is 5.91 Å². The second kappa shape index (κ2) is 6.35. The number of hydrogen-bond acceptors (Lipinski definition) is 4. The van der Waals surface area contributed by atoms with Crippen LogP contribution >= 0.6 is 0 Å². The lowest BCUT2D eigenvalue weighted by atomic mass is 9.94. The number of aryl methyl sites for hydroxylation is 1. The number of hydrogen-bond donors (Lipinski definition) is 1. The highest BCUT2D eigenvalue weighted by atomic mass is 16.2. The van der Waals surface area contributed by atoms with E-state index in [1.807, 2.05) is 13.8 Å². The lowest BCUT2D eigenvalue weighted by Gasteiger charge is -2.27. The highest BCUT2D eigenvalue weighted by Gasteiger charge is 2.26. The van der Waals surface area contributed by atoms with Crippen LogP contribution in [0.5, 0.6) is 0 Å². The van der Waals surface area contributed by atoms with Crippen LogP contribution in [0.3, 0.4) is 0 Å². The van der Waals surface area contributed by atoms with Gasteiger partial charge in [-0.3, -0.25) is 18.7 Å². The normalized spacial score (nSPS) is 11.5. The van der Waals surface area contributed by atoms with Gasteiger partial charge >= 0.3 is 5.69 Å². The predicted octanol–water partition coefficient (Wildman–Crippen LogP) is -0.258. The van der Waals surface area contributed by atoms with Crippen LogP contribution in [0.25, 0.3) is 11.2 Å². The van der Waals surface area contributed by atoms with Crippen LogP contribution in [0.2, 0.25) is 0 Å². The van der Waals surface area contributed by atoms with E-state index in [1.54, 1.807) is 0 Å². The van der Waals surface area contributed by atoms with E-state index in [0.717, 1.165) is 4.57 Å². The summed E-state index contributed by atoms with van der Waals surface area (Å²) in [4.78, 5) is 40.7. The van der Waals surface area contributed by atoms with Crippen molar-refractivity contribution in [2.24, 2.45) is 14.1 Å². The first-order valence-corrected chi connectivity index (χ1v) is 7.69. The molecule has 0 aromatic carbocycles. The molecule has 0 fully saturated rings. The molecule has 8 nitrogen and oxygen atoms in total. The van der Waals surface area contributed by atoms with E-state index in [4.69, 9.17) is 6.42 Å². The van der Waals surface area contributed by atoms with Gasteiger partial charge in [-0.15, -0.1) is 6.42 Å². The Kier molecular flexibility index (Phi) is 4.64. The van der Waals surface area contributed by atoms with Gasteiger partial charge in [0.25, 0.3) is 5.56 Å². The van der Waals surface area contributed by atoms with E-state index >= 15 is 0 Å². The molecule has 0 atom stereocenters. The zero-order valence-corrected chi connectivity index (χ0v) is 14.3. The number of carbonyl (C=O) groups excluding carboxylic acids is 1. The van der Waals surface area contributed by atoms with E-state index < -0.39 is 16.8 Å². The molecule has 2 aromatic heterocycles. The molecule has 0 aliphatic carbocycles. The average molecular weight is 331 g/mol. The van der Waals surface area contributed by atoms with Crippen molar-refractivity contribution in [3.8, 4) is 12.3 Å². The zero-order valence-electron chi connectivity index (χ0n) is 14.3. The molecule has 0 bridgehead atoms. The fraction of sp³-hybridized carbons (Fsp3) is 0.500. The third-order valence-corrected chi connectivity index (χ3v) is 4.39. The quantitative estimate of drug-likeness (QED) is 0.765. The van der Waals surface area contributed by atoms with Gasteiger partial charge in [0.05, 0.1) is 6.33 Å². The van der Waals surface area contributed by atoms with E-state index in [1.165, 1.54) is 29.6 Å². The summed E-state index contributed by atoms with van der Waals surface area (Å²) in [5.74, 6) is 2.32. The first-order chi connectivity index (χ1) is 11.3. The molecule has 8 heteroatoms. The molecule has 2 aromatic rings. The molecule has 0 aliphatic heterocycles. The van der Waals surface area contributed by atoms with E-state index in [2.05, 4.69) is 16.2 Å². The van der Waals surface area contributed by atoms with Gasteiger partial charge in [0, 0.05) is 14.1 Å². The molecule has 0 radical (unpaired) electrons. The van der Waals surface area contributed by atoms with Crippen molar-refractivity contribution >= 4 is 17.1 Å². The molecular formula is C16H21N5O3. The van der Waals surface area contributed by atoms with Gasteiger partial charge in [0.15, 0.2) is 11.2 Å². The van der Waals surface area contributed by atoms with Crippen molar-refractivity contribution in [1.29, 1.82) is 0 Å². The maximum atomic E-state index is 12.4. The van der Waals surface area contributed by atoms with Gasteiger partial charge in [-0.05, 0) is 12.8 Å². The maximum Gasteiger partial charge on any atom is 0.332 e. The SMILES string of the molecule is C#CC(CC)(CC)NC(=O)Cn1cnc2c1c(=O)n(C)c(=O)n2C. The number of fused-ring (bicyclic) bond motifs is 1. The van der Waals surface area contributed by atoms with Crippen LogP contribution in [-0.2, 0) is 25.4 Å². The summed E-state index contributed by atoms with van der Waals surface area (Å²) in [6.07, 6.45) is 8.13. The molecular weight excluding hydrogens is 310 g/mol. The first-order valence-electron chi connectivity index (χ1n) is 7.69. The number of terminal acetylenes is 1. The largest absolute Gasteiger partial charge is 0.338 e. The second-order valence-electron chi connectivity index (χ2n) is 5.73. The van der Waals surface area contributed by atoms with Crippen molar-refractivity contribution in [1.82, 2.24) is 24.0 Å². The van der Waals surface area contributed by atoms with Crippen molar-refractivity contribution < 1.29 is 4.79 Å². The maximum absolute atomic E-state index is 12.4. The zero-order chi connectivity index (χ0) is 18.1. The van der Waals surface area contributed by atoms with Crippen LogP contribution in [0.4, 0.5) is 0 Å². The summed E-state index contributed by atoms with van der Waals surface area (Å²) in [5, 5.41) is 2.84. The van der Waals surface area contributed by atoms with Crippen LogP contribution < -0.4 is 16.6 Å². The smallest absolute Gasteiger partial charge is 0.332 e. The number of carbonyl (C=O) groups is 1. The molecule has 0 unspecified atom stereocenters. The number of amides is 1. The average Bonchev–Trinajstić information content (AvgIpc) is 2.99. The Hall–Kier alpha value is -2.82. The van der Waals surface area contributed by atoms with Gasteiger partial charge in [-0.1, -0.05) is 19.8 Å². The summed E-state index contributed by atoms with van der Waals surface area (Å²) in [7, 11) is 2.91. The van der Waals surface area contributed by atoms with E-state index in [0.29, 0.717) is 12.8 Å². The number of aromatic nitrogens is 4. The van der Waals surface area contributed by atoms with Crippen LogP contribution in [0, 0.1) is 12.3 Å². The fourth-order valence-electron chi connectivity index (χ4n) is 2.64. The molecule has 128 valence electrons. The van der Waals surface area contributed by atoms with Crippen LogP contribution in [0.1, 0.15) is 26.7 Å². The summed E-state index contributed by atoms with van der Waals surface area (Å²) in [6, 6.07) is 0. The van der Waals surface area contributed by atoms with E-state index in [9.17, 15) is 14.4 Å². The van der Waals surface area contributed by atoms with Crippen LogP contribution in [-0.4, -0.2) is 30.1 Å². The second-order valence-corrected chi connectivity index (χ2v) is 5.73. The number of nitrogens with zero attached hydrogens (tertiary/aromatic N) is 4. The summed E-state index contributed by atoms with van der Waals surface area (Å²) in [6.45, 7) is 3.71. The summed E-state index contributed by atoms with van der Waals surface area (Å²) in [5.41, 5.74) is -1.22. The Morgan fingerprint density at radius 3 is 2.46 bits per heavy atom. The molecule has 1 amide bonds. The Morgan fingerprint density at radius 2 is 1.92 bits per heavy atom. The molecule has 0 saturated heterocycles. The lowest BCUT2D eigenvalue weighted by Crippen LogP contribution is -2.47. The molecule has 2 rings (SSSR count). The van der Waals surface area contributed by atoms with Gasteiger partial charge in [0.1, 0.15) is 12.1 Å². The van der Waals surface area contributed by atoms with Crippen LogP contribution in [0.15, 0.2) is 15.9 Å². The Morgan fingerprint density at radius 1 is 1.29 bits per heavy atom. The Bertz CT molecular complexity index is 937. The topological polar surface area (TPSA) is 90.9 Å². The van der Waals surface area contributed by atoms with Crippen molar-refractivity contribution in [3.05, 3.63) is 27.2 Å². The molecule has 0 aliphatic rings. The minimum absolute atomic E-state index is 0.104. The van der Waals surface area contributed by atoms with Gasteiger partial charge in [-0.2, -0.15) is 0 Å². The Labute approximate surface area is 139 Å². The first kappa shape index (κ1) is 17.5. The lowest BCUT2D eigenvalue weighted by molar-refractivity contribution is -0.123. The monoisotopic (exact) mass is 331 g/mol. The molecule has 0 saturated carbocycles. The van der Waals surface area contributed by atoms with Crippen molar-refractivity contribution in [2.45, 2.75) is 38.8 Å². The minimum Gasteiger partial charge on any atom is -0.338 e. The van der Waals surface area contributed by atoms with Crippen molar-refractivity contribution in [3.63, 3.8) is 0 Å². The number of nitrogens with one attached hydrogen (secondary N) is 1. The predicted molar refractivity (Wildman–Crippen MR) is 90.5 cm³/mol. The Balaban J connectivity index is 2.42. The van der Waals surface area contributed by atoms with E-state index in [-0.39, 0.29) is 23.6 Å². The third-order valence-electron chi connectivity index (χ3n) is 4.39.